The Balaban J connectivity index is 2.45. The summed E-state index contributed by atoms with van der Waals surface area (Å²) >= 11 is 0. The summed E-state index contributed by atoms with van der Waals surface area (Å²) in [6.45, 7) is 0. The van der Waals surface area contributed by atoms with Crippen molar-refractivity contribution in [2.75, 3.05) is 0 Å². The zero-order chi connectivity index (χ0) is 13.4. The second-order valence-electron chi connectivity index (χ2n) is 4.04. The van der Waals surface area contributed by atoms with Crippen LogP contribution in [0.15, 0.2) is 47.4 Å². The van der Waals surface area contributed by atoms with Crippen LogP contribution < -0.4 is 11.4 Å². The second-order valence-corrected chi connectivity index (χ2v) is 4.04. The van der Waals surface area contributed by atoms with E-state index < -0.39 is 11.6 Å². The van der Waals surface area contributed by atoms with Gasteiger partial charge in [-0.25, -0.2) is 4.79 Å². The lowest BCUT2D eigenvalue weighted by Gasteiger charge is -2.08. The van der Waals surface area contributed by atoms with Gasteiger partial charge in [0, 0.05) is 0 Å². The third-order valence-corrected chi connectivity index (χ3v) is 2.88. The topological polar surface area (TPSA) is 93.2 Å². The molecule has 0 spiro atoms. The summed E-state index contributed by atoms with van der Waals surface area (Å²) in [5.41, 5.74) is 6.79. The molecule has 19 heavy (non-hydrogen) atoms. The first-order valence-corrected chi connectivity index (χ1v) is 5.64. The predicted octanol–water partition coefficient (Wildman–Crippen LogP) is 0.788. The minimum Gasteiger partial charge on any atom is -0.365 e. The summed E-state index contributed by atoms with van der Waals surface area (Å²) in [7, 11) is 0. The van der Waals surface area contributed by atoms with Crippen molar-refractivity contribution >= 4 is 11.4 Å². The van der Waals surface area contributed by atoms with Gasteiger partial charge in [0.05, 0.1) is 23.0 Å². The largest absolute Gasteiger partial charge is 0.365 e. The lowest BCUT2D eigenvalue weighted by atomic mass is 10.1. The third kappa shape index (κ3) is 1.70. The number of hydrogen-bond donors (Lipinski definition) is 2. The smallest absolute Gasteiger partial charge is 0.347 e. The van der Waals surface area contributed by atoms with Crippen LogP contribution in [-0.2, 0) is 0 Å². The minimum atomic E-state index is -0.611. The summed E-state index contributed by atoms with van der Waals surface area (Å²) in [6, 6.07) is 10.7. The van der Waals surface area contributed by atoms with Crippen molar-refractivity contribution in [2.45, 2.75) is 0 Å². The van der Waals surface area contributed by atoms with Crippen LogP contribution in [0.1, 0.15) is 10.4 Å². The maximum atomic E-state index is 11.9. The van der Waals surface area contributed by atoms with Crippen LogP contribution in [-0.4, -0.2) is 20.5 Å². The van der Waals surface area contributed by atoms with Crippen molar-refractivity contribution in [1.82, 2.24) is 14.6 Å². The van der Waals surface area contributed by atoms with Gasteiger partial charge in [-0.1, -0.05) is 30.3 Å². The molecule has 0 fully saturated rings. The van der Waals surface area contributed by atoms with Crippen LogP contribution in [0, 0.1) is 0 Å². The highest BCUT2D eigenvalue weighted by atomic mass is 16.2. The van der Waals surface area contributed by atoms with Gasteiger partial charge in [0.1, 0.15) is 0 Å². The number of amides is 1. The summed E-state index contributed by atoms with van der Waals surface area (Å²) in [5, 5.41) is 3.86. The predicted molar refractivity (Wildman–Crippen MR) is 69.8 cm³/mol. The Morgan fingerprint density at radius 2 is 1.95 bits per heavy atom. The lowest BCUT2D eigenvalue weighted by molar-refractivity contribution is 0.100. The van der Waals surface area contributed by atoms with E-state index in [1.807, 2.05) is 18.2 Å². The molecule has 6 heteroatoms. The van der Waals surface area contributed by atoms with Crippen molar-refractivity contribution < 1.29 is 4.79 Å². The van der Waals surface area contributed by atoms with Crippen LogP contribution in [0.4, 0.5) is 0 Å². The first-order chi connectivity index (χ1) is 9.18. The Bertz CT molecular complexity index is 818. The van der Waals surface area contributed by atoms with Gasteiger partial charge >= 0.3 is 5.69 Å². The molecule has 0 bridgehead atoms. The zero-order valence-corrected chi connectivity index (χ0v) is 9.83. The SMILES string of the molecule is NC(=O)c1c(-c2ccccc2)[nH]c(=O)n2nccc12. The van der Waals surface area contributed by atoms with E-state index in [2.05, 4.69) is 10.1 Å². The molecule has 1 amide bonds. The highest BCUT2D eigenvalue weighted by Crippen LogP contribution is 2.22. The van der Waals surface area contributed by atoms with E-state index in [4.69, 9.17) is 5.73 Å². The summed E-state index contributed by atoms with van der Waals surface area (Å²) in [5.74, 6) is -0.611. The Hall–Kier alpha value is -2.89. The molecule has 94 valence electrons. The number of nitrogens with zero attached hydrogens (tertiary/aromatic N) is 2. The molecule has 2 aromatic heterocycles. The van der Waals surface area contributed by atoms with Crippen molar-refractivity contribution in [3.63, 3.8) is 0 Å². The van der Waals surface area contributed by atoms with E-state index in [0.717, 1.165) is 10.1 Å². The molecule has 1 aromatic carbocycles. The first-order valence-electron chi connectivity index (χ1n) is 5.64. The number of aromatic nitrogens is 3. The number of benzene rings is 1. The normalized spacial score (nSPS) is 10.7. The van der Waals surface area contributed by atoms with Crippen molar-refractivity contribution in [1.29, 1.82) is 0 Å². The third-order valence-electron chi connectivity index (χ3n) is 2.88. The highest BCUT2D eigenvalue weighted by molar-refractivity contribution is 6.05. The molecule has 0 atom stereocenters. The average molecular weight is 254 g/mol. The average Bonchev–Trinajstić information content (AvgIpc) is 2.88. The van der Waals surface area contributed by atoms with Gasteiger partial charge in [0.25, 0.3) is 5.91 Å². The fourth-order valence-corrected chi connectivity index (χ4v) is 2.08. The number of primary amides is 1. The molecule has 6 nitrogen and oxygen atoms in total. The Labute approximate surface area is 107 Å². The lowest BCUT2D eigenvalue weighted by Crippen LogP contribution is -2.24. The van der Waals surface area contributed by atoms with Crippen molar-refractivity contribution in [3.05, 3.63) is 58.6 Å². The number of carbonyl (C=O) groups excluding carboxylic acids is 1. The van der Waals surface area contributed by atoms with Crippen LogP contribution in [0.5, 0.6) is 0 Å². The quantitative estimate of drug-likeness (QED) is 0.708. The fourth-order valence-electron chi connectivity index (χ4n) is 2.08. The number of carbonyl (C=O) groups is 1. The number of nitrogens with two attached hydrogens (primary N) is 1. The van der Waals surface area contributed by atoms with Crippen molar-refractivity contribution in [3.8, 4) is 11.3 Å². The summed E-state index contributed by atoms with van der Waals surface area (Å²) in [4.78, 5) is 26.2. The number of H-pyrrole nitrogens is 1. The van der Waals surface area contributed by atoms with Gasteiger partial charge in [-0.15, -0.1) is 0 Å². The molecule has 3 aromatic rings. The Morgan fingerprint density at radius 3 is 2.63 bits per heavy atom. The minimum absolute atomic E-state index is 0.253. The molecule has 0 radical (unpaired) electrons. The summed E-state index contributed by atoms with van der Waals surface area (Å²) < 4.78 is 1.12. The highest BCUT2D eigenvalue weighted by Gasteiger charge is 2.17. The first kappa shape index (κ1) is 11.2. The standard InChI is InChI=1S/C13H10N4O2/c14-12(18)10-9-6-7-15-17(9)13(19)16-11(10)8-4-2-1-3-5-8/h1-7H,(H2,14,18)(H,16,19). The van der Waals surface area contributed by atoms with E-state index >= 15 is 0 Å². The number of nitrogens with one attached hydrogen (secondary N) is 1. The fraction of sp³-hybridized carbons (Fsp3) is 0. The number of hydrogen-bond acceptors (Lipinski definition) is 3. The maximum absolute atomic E-state index is 11.9. The Morgan fingerprint density at radius 1 is 1.21 bits per heavy atom. The van der Waals surface area contributed by atoms with Crippen LogP contribution >= 0.6 is 0 Å². The van der Waals surface area contributed by atoms with E-state index in [-0.39, 0.29) is 5.56 Å². The van der Waals surface area contributed by atoms with Gasteiger partial charge in [-0.3, -0.25) is 4.79 Å². The van der Waals surface area contributed by atoms with Crippen molar-refractivity contribution in [2.24, 2.45) is 5.73 Å². The van der Waals surface area contributed by atoms with Crippen LogP contribution in [0.25, 0.3) is 16.8 Å². The molecular weight excluding hydrogens is 244 g/mol. The monoisotopic (exact) mass is 254 g/mol. The molecule has 2 heterocycles. The Kier molecular flexibility index (Phi) is 2.42. The van der Waals surface area contributed by atoms with Gasteiger partial charge in [0.15, 0.2) is 0 Å². The number of aromatic amines is 1. The second kappa shape index (κ2) is 4.09. The zero-order valence-electron chi connectivity index (χ0n) is 9.83. The maximum Gasteiger partial charge on any atom is 0.347 e. The molecule has 0 saturated carbocycles. The number of fused-ring (bicyclic) bond motifs is 1. The molecular formula is C13H10N4O2. The molecule has 0 aliphatic carbocycles. The molecule has 0 unspecified atom stereocenters. The van der Waals surface area contributed by atoms with E-state index in [1.165, 1.54) is 6.20 Å². The number of rotatable bonds is 2. The summed E-state index contributed by atoms with van der Waals surface area (Å²) in [6.07, 6.45) is 1.45. The van der Waals surface area contributed by atoms with Gasteiger partial charge in [-0.05, 0) is 11.6 Å². The van der Waals surface area contributed by atoms with Gasteiger partial charge in [-0.2, -0.15) is 9.61 Å². The van der Waals surface area contributed by atoms with Gasteiger partial charge < -0.3 is 10.7 Å². The molecule has 0 aliphatic heterocycles. The van der Waals surface area contributed by atoms with Gasteiger partial charge in [0.2, 0.25) is 0 Å². The van der Waals surface area contributed by atoms with E-state index in [9.17, 15) is 9.59 Å². The van der Waals surface area contributed by atoms with Crippen LogP contribution in [0.3, 0.4) is 0 Å². The molecule has 3 N–H and O–H groups in total. The van der Waals surface area contributed by atoms with E-state index in [0.29, 0.717) is 11.2 Å². The molecule has 0 saturated heterocycles. The molecule has 3 rings (SSSR count). The van der Waals surface area contributed by atoms with Crippen LogP contribution in [0.2, 0.25) is 0 Å². The van der Waals surface area contributed by atoms with E-state index in [1.54, 1.807) is 18.2 Å². The molecule has 0 aliphatic rings.